The van der Waals surface area contributed by atoms with Crippen molar-refractivity contribution in [3.8, 4) is 11.5 Å². The van der Waals surface area contributed by atoms with Gasteiger partial charge in [0.05, 0.1) is 18.7 Å². The fraction of sp³-hybridized carbons (Fsp3) is 0.611. The predicted molar refractivity (Wildman–Crippen MR) is 103 cm³/mol. The van der Waals surface area contributed by atoms with Crippen molar-refractivity contribution in [1.82, 2.24) is 4.90 Å². The van der Waals surface area contributed by atoms with Crippen molar-refractivity contribution in [3.05, 3.63) is 22.7 Å². The summed E-state index contributed by atoms with van der Waals surface area (Å²) in [5.41, 5.74) is 6.41. The van der Waals surface area contributed by atoms with Crippen molar-refractivity contribution >= 4 is 29.9 Å². The number of carbonyl (C=O) groups is 1. The summed E-state index contributed by atoms with van der Waals surface area (Å²) in [5.74, 6) is 1.48. The van der Waals surface area contributed by atoms with E-state index in [-0.39, 0.29) is 24.4 Å². The molecule has 0 aliphatic carbocycles. The van der Waals surface area contributed by atoms with Crippen LogP contribution in [0.15, 0.2) is 12.1 Å². The first-order valence-corrected chi connectivity index (χ1v) is 8.85. The number of nitrogens with zero attached hydrogens (tertiary/aromatic N) is 1. The van der Waals surface area contributed by atoms with Crippen molar-refractivity contribution in [2.75, 3.05) is 26.8 Å². The SMILES string of the molecule is COc1cc(C(=O)N2CCC(N)CC2)cc(Cl)c1OCCC(C)C.Cl. The first-order chi connectivity index (χ1) is 11.4. The molecule has 1 amide bonds. The minimum atomic E-state index is -0.0455. The zero-order valence-corrected chi connectivity index (χ0v) is 16.7. The zero-order chi connectivity index (χ0) is 17.7. The van der Waals surface area contributed by atoms with Gasteiger partial charge in [0.1, 0.15) is 0 Å². The number of halogens is 2. The van der Waals surface area contributed by atoms with Gasteiger partial charge in [-0.05, 0) is 37.3 Å². The second-order valence-electron chi connectivity index (χ2n) is 6.65. The van der Waals surface area contributed by atoms with Crippen LogP contribution in [0.4, 0.5) is 0 Å². The van der Waals surface area contributed by atoms with E-state index < -0.39 is 0 Å². The first kappa shape index (κ1) is 21.9. The van der Waals surface area contributed by atoms with Crippen LogP contribution < -0.4 is 15.2 Å². The van der Waals surface area contributed by atoms with E-state index in [4.69, 9.17) is 26.8 Å². The quantitative estimate of drug-likeness (QED) is 0.802. The molecule has 0 unspecified atom stereocenters. The molecule has 5 nitrogen and oxygen atoms in total. The van der Waals surface area contributed by atoms with Crippen molar-refractivity contribution in [1.29, 1.82) is 0 Å². The number of nitrogens with two attached hydrogens (primary N) is 1. The smallest absolute Gasteiger partial charge is 0.254 e. The van der Waals surface area contributed by atoms with Gasteiger partial charge in [-0.15, -0.1) is 12.4 Å². The Kier molecular flexibility index (Phi) is 8.83. The maximum atomic E-state index is 12.7. The van der Waals surface area contributed by atoms with E-state index in [0.717, 1.165) is 19.3 Å². The molecule has 1 aliphatic rings. The van der Waals surface area contributed by atoms with Gasteiger partial charge in [-0.2, -0.15) is 0 Å². The van der Waals surface area contributed by atoms with Crippen molar-refractivity contribution in [2.24, 2.45) is 11.7 Å². The number of likely N-dealkylation sites (tertiary alicyclic amines) is 1. The van der Waals surface area contributed by atoms with E-state index in [1.807, 2.05) is 4.90 Å². The Labute approximate surface area is 161 Å². The number of methoxy groups -OCH3 is 1. The molecule has 1 aromatic rings. The van der Waals surface area contributed by atoms with Gasteiger partial charge in [-0.3, -0.25) is 4.79 Å². The minimum Gasteiger partial charge on any atom is -0.493 e. The van der Waals surface area contributed by atoms with Crippen LogP contribution in [-0.4, -0.2) is 43.7 Å². The van der Waals surface area contributed by atoms with E-state index in [2.05, 4.69) is 13.8 Å². The average Bonchev–Trinajstić information content (AvgIpc) is 2.55. The molecular formula is C18H28Cl2N2O3. The predicted octanol–water partition coefficient (Wildman–Crippen LogP) is 3.76. The molecule has 1 aliphatic heterocycles. The largest absolute Gasteiger partial charge is 0.493 e. The van der Waals surface area contributed by atoms with Crippen LogP contribution in [0.2, 0.25) is 5.02 Å². The fourth-order valence-electron chi connectivity index (χ4n) is 2.67. The van der Waals surface area contributed by atoms with E-state index in [0.29, 0.717) is 47.7 Å². The van der Waals surface area contributed by atoms with Crippen LogP contribution in [0.5, 0.6) is 11.5 Å². The van der Waals surface area contributed by atoms with Crippen LogP contribution in [0.25, 0.3) is 0 Å². The lowest BCUT2D eigenvalue weighted by molar-refractivity contribution is 0.0714. The van der Waals surface area contributed by atoms with Crippen LogP contribution >= 0.6 is 24.0 Å². The summed E-state index contributed by atoms with van der Waals surface area (Å²) in [4.78, 5) is 14.5. The molecule has 0 radical (unpaired) electrons. The van der Waals surface area contributed by atoms with Crippen LogP contribution in [0.1, 0.15) is 43.5 Å². The molecule has 1 saturated heterocycles. The average molecular weight is 391 g/mol. The third-order valence-electron chi connectivity index (χ3n) is 4.24. The Morgan fingerprint density at radius 2 is 2.00 bits per heavy atom. The van der Waals surface area contributed by atoms with E-state index >= 15 is 0 Å². The molecule has 7 heteroatoms. The molecule has 0 bridgehead atoms. The molecule has 0 atom stereocenters. The highest BCUT2D eigenvalue weighted by molar-refractivity contribution is 6.32. The normalized spacial score (nSPS) is 15.0. The second kappa shape index (κ2) is 10.1. The van der Waals surface area contributed by atoms with E-state index in [1.54, 1.807) is 19.2 Å². The molecule has 0 saturated carbocycles. The van der Waals surface area contributed by atoms with E-state index in [9.17, 15) is 4.79 Å². The summed E-state index contributed by atoms with van der Waals surface area (Å²) in [6, 6.07) is 3.54. The fourth-order valence-corrected chi connectivity index (χ4v) is 2.93. The first-order valence-electron chi connectivity index (χ1n) is 8.47. The van der Waals surface area contributed by atoms with Gasteiger partial charge in [-0.1, -0.05) is 25.4 Å². The number of rotatable bonds is 6. The highest BCUT2D eigenvalue weighted by atomic mass is 35.5. The molecule has 25 heavy (non-hydrogen) atoms. The van der Waals surface area contributed by atoms with Crippen LogP contribution in [0.3, 0.4) is 0 Å². The molecule has 0 aromatic heterocycles. The maximum Gasteiger partial charge on any atom is 0.254 e. The van der Waals surface area contributed by atoms with Gasteiger partial charge in [-0.25, -0.2) is 0 Å². The molecule has 2 rings (SSSR count). The van der Waals surface area contributed by atoms with Gasteiger partial charge >= 0.3 is 0 Å². The zero-order valence-electron chi connectivity index (χ0n) is 15.1. The third-order valence-corrected chi connectivity index (χ3v) is 4.53. The second-order valence-corrected chi connectivity index (χ2v) is 7.06. The summed E-state index contributed by atoms with van der Waals surface area (Å²) in [6.45, 7) is 6.17. The van der Waals surface area contributed by atoms with Crippen molar-refractivity contribution in [2.45, 2.75) is 39.2 Å². The molecule has 142 valence electrons. The summed E-state index contributed by atoms with van der Waals surface area (Å²) >= 11 is 6.34. The summed E-state index contributed by atoms with van der Waals surface area (Å²) in [6.07, 6.45) is 2.58. The van der Waals surface area contributed by atoms with Gasteiger partial charge < -0.3 is 20.1 Å². The lowest BCUT2D eigenvalue weighted by Gasteiger charge is -2.30. The Morgan fingerprint density at radius 3 is 2.56 bits per heavy atom. The topological polar surface area (TPSA) is 64.8 Å². The number of carbonyl (C=O) groups excluding carboxylic acids is 1. The molecule has 0 spiro atoms. The molecular weight excluding hydrogens is 363 g/mol. The lowest BCUT2D eigenvalue weighted by Crippen LogP contribution is -2.42. The maximum absolute atomic E-state index is 12.7. The lowest BCUT2D eigenvalue weighted by atomic mass is 10.0. The van der Waals surface area contributed by atoms with Gasteiger partial charge in [0.15, 0.2) is 11.5 Å². The Hall–Kier alpha value is -1.17. The highest BCUT2D eigenvalue weighted by Gasteiger charge is 2.24. The summed E-state index contributed by atoms with van der Waals surface area (Å²) in [5, 5.41) is 0.398. The Balaban J connectivity index is 0.00000312. The van der Waals surface area contributed by atoms with Crippen LogP contribution in [-0.2, 0) is 0 Å². The Bertz CT molecular complexity index is 574. The monoisotopic (exact) mass is 390 g/mol. The van der Waals surface area contributed by atoms with Gasteiger partial charge in [0.2, 0.25) is 0 Å². The molecule has 1 aromatic carbocycles. The van der Waals surface area contributed by atoms with Crippen molar-refractivity contribution < 1.29 is 14.3 Å². The minimum absolute atomic E-state index is 0. The Morgan fingerprint density at radius 1 is 1.36 bits per heavy atom. The number of piperidine rings is 1. The number of hydrogen-bond donors (Lipinski definition) is 1. The number of ether oxygens (including phenoxy) is 2. The molecule has 1 heterocycles. The summed E-state index contributed by atoms with van der Waals surface area (Å²) in [7, 11) is 1.55. The van der Waals surface area contributed by atoms with E-state index in [1.165, 1.54) is 0 Å². The number of benzene rings is 1. The van der Waals surface area contributed by atoms with Gasteiger partial charge in [0, 0.05) is 24.7 Å². The number of hydrogen-bond acceptors (Lipinski definition) is 4. The number of amides is 1. The van der Waals surface area contributed by atoms with Crippen molar-refractivity contribution in [3.63, 3.8) is 0 Å². The van der Waals surface area contributed by atoms with Gasteiger partial charge in [0.25, 0.3) is 5.91 Å². The molecule has 1 fully saturated rings. The standard InChI is InChI=1S/C18H27ClN2O3.ClH/c1-12(2)6-9-24-17-15(19)10-13(11-16(17)23-3)18(22)21-7-4-14(20)5-8-21;/h10-12,14H,4-9,20H2,1-3H3;1H. The summed E-state index contributed by atoms with van der Waals surface area (Å²) < 4.78 is 11.1. The highest BCUT2D eigenvalue weighted by Crippen LogP contribution is 2.37. The van der Waals surface area contributed by atoms with Crippen LogP contribution in [0, 0.1) is 5.92 Å². The molecule has 2 N–H and O–H groups in total. The third kappa shape index (κ3) is 5.94.